The van der Waals surface area contributed by atoms with E-state index in [1.165, 1.54) is 0 Å². The van der Waals surface area contributed by atoms with Gasteiger partial charge in [0.25, 0.3) is 0 Å². The molecule has 4 heteroatoms. The molecule has 0 radical (unpaired) electrons. The quantitative estimate of drug-likeness (QED) is 0.896. The number of carbonyl (C=O) groups excluding carboxylic acids is 1. The number of Topliss-reactive ketones (excluding diaryl/α,β-unsaturated/α-hetero) is 1. The van der Waals surface area contributed by atoms with E-state index >= 15 is 0 Å². The SMILES string of the molecule is COc1ccc(C)cc1CC(=O)C1(N)CCOCC1. The van der Waals surface area contributed by atoms with Gasteiger partial charge < -0.3 is 15.2 Å². The lowest BCUT2D eigenvalue weighted by Crippen LogP contribution is -2.52. The van der Waals surface area contributed by atoms with Gasteiger partial charge >= 0.3 is 0 Å². The van der Waals surface area contributed by atoms with Gasteiger partial charge in [-0.05, 0) is 25.8 Å². The smallest absolute Gasteiger partial charge is 0.157 e. The molecule has 19 heavy (non-hydrogen) atoms. The Morgan fingerprint density at radius 2 is 2.11 bits per heavy atom. The van der Waals surface area contributed by atoms with Crippen molar-refractivity contribution in [1.82, 2.24) is 0 Å². The second kappa shape index (κ2) is 5.72. The van der Waals surface area contributed by atoms with Gasteiger partial charge in [-0.25, -0.2) is 0 Å². The summed E-state index contributed by atoms with van der Waals surface area (Å²) in [5, 5.41) is 0. The van der Waals surface area contributed by atoms with E-state index < -0.39 is 5.54 Å². The third kappa shape index (κ3) is 3.14. The molecular formula is C15H21NO3. The van der Waals surface area contributed by atoms with E-state index in [4.69, 9.17) is 15.2 Å². The van der Waals surface area contributed by atoms with Gasteiger partial charge in [0.2, 0.25) is 0 Å². The van der Waals surface area contributed by atoms with Crippen molar-refractivity contribution in [2.45, 2.75) is 31.7 Å². The Morgan fingerprint density at radius 1 is 1.42 bits per heavy atom. The highest BCUT2D eigenvalue weighted by atomic mass is 16.5. The maximum atomic E-state index is 12.4. The molecule has 2 N–H and O–H groups in total. The number of nitrogens with two attached hydrogens (primary N) is 1. The van der Waals surface area contributed by atoms with E-state index in [1.807, 2.05) is 25.1 Å². The standard InChI is InChI=1S/C15H21NO3/c1-11-3-4-13(18-2)12(9-11)10-14(17)15(16)5-7-19-8-6-15/h3-4,9H,5-8,10,16H2,1-2H3. The van der Waals surface area contributed by atoms with E-state index in [0.717, 1.165) is 16.9 Å². The molecule has 4 nitrogen and oxygen atoms in total. The highest BCUT2D eigenvalue weighted by molar-refractivity contribution is 5.90. The topological polar surface area (TPSA) is 61.5 Å². The van der Waals surface area contributed by atoms with Crippen LogP contribution in [0.5, 0.6) is 5.75 Å². The highest BCUT2D eigenvalue weighted by Gasteiger charge is 2.35. The minimum Gasteiger partial charge on any atom is -0.496 e. The summed E-state index contributed by atoms with van der Waals surface area (Å²) in [4.78, 5) is 12.4. The third-order valence-electron chi connectivity index (χ3n) is 3.73. The number of ether oxygens (including phenoxy) is 2. The van der Waals surface area contributed by atoms with E-state index in [1.54, 1.807) is 7.11 Å². The maximum Gasteiger partial charge on any atom is 0.157 e. The Balaban J connectivity index is 2.16. The van der Waals surface area contributed by atoms with Gasteiger partial charge in [0.05, 0.1) is 12.6 Å². The number of hydrogen-bond acceptors (Lipinski definition) is 4. The lowest BCUT2D eigenvalue weighted by molar-refractivity contribution is -0.126. The van der Waals surface area contributed by atoms with Crippen LogP contribution in [0, 0.1) is 6.92 Å². The predicted molar refractivity (Wildman–Crippen MR) is 73.4 cm³/mol. The summed E-state index contributed by atoms with van der Waals surface area (Å²) in [5.74, 6) is 0.814. The number of rotatable bonds is 4. The van der Waals surface area contributed by atoms with Crippen LogP contribution in [0.15, 0.2) is 18.2 Å². The second-order valence-electron chi connectivity index (χ2n) is 5.18. The summed E-state index contributed by atoms with van der Waals surface area (Å²) in [6, 6.07) is 5.85. The van der Waals surface area contributed by atoms with Crippen molar-refractivity contribution in [1.29, 1.82) is 0 Å². The number of benzene rings is 1. The van der Waals surface area contributed by atoms with Gasteiger partial charge in [-0.15, -0.1) is 0 Å². The van der Waals surface area contributed by atoms with Crippen LogP contribution in [-0.4, -0.2) is 31.6 Å². The number of carbonyl (C=O) groups is 1. The maximum absolute atomic E-state index is 12.4. The number of ketones is 1. The molecule has 0 spiro atoms. The number of aryl methyl sites for hydroxylation is 1. The van der Waals surface area contributed by atoms with Gasteiger partial charge in [0, 0.05) is 25.2 Å². The van der Waals surface area contributed by atoms with Crippen molar-refractivity contribution in [2.24, 2.45) is 5.73 Å². The number of hydrogen-bond donors (Lipinski definition) is 1. The molecule has 1 heterocycles. The summed E-state index contributed by atoms with van der Waals surface area (Å²) in [6.07, 6.45) is 1.52. The van der Waals surface area contributed by atoms with Crippen molar-refractivity contribution in [3.05, 3.63) is 29.3 Å². The van der Waals surface area contributed by atoms with Crippen molar-refractivity contribution in [3.8, 4) is 5.75 Å². The largest absolute Gasteiger partial charge is 0.496 e. The molecule has 0 unspecified atom stereocenters. The Morgan fingerprint density at radius 3 is 2.74 bits per heavy atom. The molecule has 2 rings (SSSR count). The first kappa shape index (κ1) is 14.0. The predicted octanol–water partition coefficient (Wildman–Crippen LogP) is 1.62. The van der Waals surface area contributed by atoms with Crippen molar-refractivity contribution in [3.63, 3.8) is 0 Å². The molecule has 0 aromatic heterocycles. The molecule has 0 bridgehead atoms. The zero-order valence-electron chi connectivity index (χ0n) is 11.6. The lowest BCUT2D eigenvalue weighted by atomic mass is 9.83. The second-order valence-corrected chi connectivity index (χ2v) is 5.18. The van der Waals surface area contributed by atoms with Gasteiger partial charge in [0.15, 0.2) is 5.78 Å². The van der Waals surface area contributed by atoms with Crippen LogP contribution in [-0.2, 0) is 16.0 Å². The molecule has 1 fully saturated rings. The summed E-state index contributed by atoms with van der Waals surface area (Å²) < 4.78 is 10.6. The average molecular weight is 263 g/mol. The van der Waals surface area contributed by atoms with Gasteiger partial charge in [-0.1, -0.05) is 17.7 Å². The van der Waals surface area contributed by atoms with Gasteiger partial charge in [0.1, 0.15) is 5.75 Å². The van der Waals surface area contributed by atoms with Crippen molar-refractivity contribution in [2.75, 3.05) is 20.3 Å². The molecule has 1 aromatic rings. The lowest BCUT2D eigenvalue weighted by Gasteiger charge is -2.32. The molecule has 0 amide bonds. The zero-order chi connectivity index (χ0) is 13.9. The Hall–Kier alpha value is -1.39. The minimum absolute atomic E-state index is 0.0692. The summed E-state index contributed by atoms with van der Waals surface area (Å²) in [5.41, 5.74) is 7.49. The molecule has 0 atom stereocenters. The first-order valence-corrected chi connectivity index (χ1v) is 6.58. The van der Waals surface area contributed by atoms with E-state index in [9.17, 15) is 4.79 Å². The minimum atomic E-state index is -0.743. The molecule has 1 aliphatic rings. The molecule has 1 aromatic carbocycles. The van der Waals surface area contributed by atoms with E-state index in [0.29, 0.717) is 32.5 Å². The fourth-order valence-corrected chi connectivity index (χ4v) is 2.41. The molecule has 0 saturated carbocycles. The zero-order valence-corrected chi connectivity index (χ0v) is 11.6. The van der Waals surface area contributed by atoms with Gasteiger partial charge in [-0.2, -0.15) is 0 Å². The third-order valence-corrected chi connectivity index (χ3v) is 3.73. The fraction of sp³-hybridized carbons (Fsp3) is 0.533. The Kier molecular flexibility index (Phi) is 4.22. The fourth-order valence-electron chi connectivity index (χ4n) is 2.41. The van der Waals surface area contributed by atoms with Crippen LogP contribution >= 0.6 is 0 Å². The van der Waals surface area contributed by atoms with Crippen molar-refractivity contribution < 1.29 is 14.3 Å². The Labute approximate surface area is 113 Å². The van der Waals surface area contributed by atoms with Gasteiger partial charge in [-0.3, -0.25) is 4.79 Å². The molecule has 0 aliphatic carbocycles. The highest BCUT2D eigenvalue weighted by Crippen LogP contribution is 2.25. The van der Waals surface area contributed by atoms with Crippen LogP contribution in [0.2, 0.25) is 0 Å². The first-order chi connectivity index (χ1) is 9.05. The summed E-state index contributed by atoms with van der Waals surface area (Å²) in [7, 11) is 1.62. The van der Waals surface area contributed by atoms with Crippen LogP contribution < -0.4 is 10.5 Å². The van der Waals surface area contributed by atoms with E-state index in [2.05, 4.69) is 0 Å². The van der Waals surface area contributed by atoms with Crippen LogP contribution in [0.4, 0.5) is 0 Å². The summed E-state index contributed by atoms with van der Waals surface area (Å²) >= 11 is 0. The van der Waals surface area contributed by atoms with Crippen LogP contribution in [0.3, 0.4) is 0 Å². The normalized spacial score (nSPS) is 18.1. The summed E-state index contributed by atoms with van der Waals surface area (Å²) in [6.45, 7) is 3.13. The Bertz CT molecular complexity index is 464. The average Bonchev–Trinajstić information content (AvgIpc) is 2.40. The van der Waals surface area contributed by atoms with Crippen LogP contribution in [0.1, 0.15) is 24.0 Å². The van der Waals surface area contributed by atoms with E-state index in [-0.39, 0.29) is 5.78 Å². The van der Waals surface area contributed by atoms with Crippen molar-refractivity contribution >= 4 is 5.78 Å². The van der Waals surface area contributed by atoms with Crippen LogP contribution in [0.25, 0.3) is 0 Å². The number of methoxy groups -OCH3 is 1. The first-order valence-electron chi connectivity index (χ1n) is 6.58. The molecule has 1 aliphatic heterocycles. The molecule has 104 valence electrons. The molecule has 1 saturated heterocycles. The monoisotopic (exact) mass is 263 g/mol. The molecular weight excluding hydrogens is 242 g/mol.